The van der Waals surface area contributed by atoms with Gasteiger partial charge in [-0.05, 0) is 43.2 Å². The number of amides is 1. The molecule has 1 amide bonds. The maximum Gasteiger partial charge on any atom is 0.270 e. The second-order valence-corrected chi connectivity index (χ2v) is 7.59. The van der Waals surface area contributed by atoms with E-state index in [1.165, 1.54) is 6.42 Å². The molecule has 3 aliphatic rings. The number of carbonyl (C=O) groups excluding carboxylic acids is 1. The summed E-state index contributed by atoms with van der Waals surface area (Å²) in [6, 6.07) is 5.98. The van der Waals surface area contributed by atoms with Crippen LogP contribution in [0.1, 0.15) is 31.2 Å². The number of benzene rings is 1. The number of carbonyl (C=O) groups is 1. The molecule has 1 saturated carbocycles. The SMILES string of the molecule is O=C(C1=CCC2CCN1C2)N(Cc1cccc(Cl)c1Cl)C1CC1. The highest BCUT2D eigenvalue weighted by atomic mass is 35.5. The number of hydrogen-bond donors (Lipinski definition) is 0. The van der Waals surface area contributed by atoms with Gasteiger partial charge >= 0.3 is 0 Å². The molecule has 2 heterocycles. The lowest BCUT2D eigenvalue weighted by atomic mass is 10.0. The molecule has 23 heavy (non-hydrogen) atoms. The highest BCUT2D eigenvalue weighted by molar-refractivity contribution is 6.42. The highest BCUT2D eigenvalue weighted by Crippen LogP contribution is 2.36. The van der Waals surface area contributed by atoms with Crippen LogP contribution in [-0.2, 0) is 11.3 Å². The first-order chi connectivity index (χ1) is 11.1. The molecule has 2 fully saturated rings. The average Bonchev–Trinajstić information content (AvgIpc) is 3.32. The Bertz CT molecular complexity index is 669. The van der Waals surface area contributed by atoms with Gasteiger partial charge < -0.3 is 9.80 Å². The Kier molecular flexibility index (Phi) is 4.02. The van der Waals surface area contributed by atoms with Gasteiger partial charge in [-0.3, -0.25) is 4.79 Å². The van der Waals surface area contributed by atoms with Gasteiger partial charge in [-0.1, -0.05) is 41.4 Å². The van der Waals surface area contributed by atoms with Crippen molar-refractivity contribution >= 4 is 29.1 Å². The summed E-state index contributed by atoms with van der Waals surface area (Å²) in [5.41, 5.74) is 1.82. The van der Waals surface area contributed by atoms with Crippen molar-refractivity contribution in [2.75, 3.05) is 13.1 Å². The van der Waals surface area contributed by atoms with E-state index in [1.807, 2.05) is 17.0 Å². The van der Waals surface area contributed by atoms with Crippen LogP contribution in [-0.4, -0.2) is 34.8 Å². The van der Waals surface area contributed by atoms with Crippen molar-refractivity contribution < 1.29 is 4.79 Å². The van der Waals surface area contributed by atoms with Crippen LogP contribution in [0.3, 0.4) is 0 Å². The third-order valence-corrected chi connectivity index (χ3v) is 5.97. The molecule has 1 aromatic rings. The number of hydrogen-bond acceptors (Lipinski definition) is 2. The van der Waals surface area contributed by atoms with Crippen LogP contribution in [0.25, 0.3) is 0 Å². The molecule has 2 aliphatic heterocycles. The van der Waals surface area contributed by atoms with Gasteiger partial charge in [-0.25, -0.2) is 0 Å². The predicted octanol–water partition coefficient (Wildman–Crippen LogP) is 4.09. The lowest BCUT2D eigenvalue weighted by Gasteiger charge is -2.31. The lowest BCUT2D eigenvalue weighted by molar-refractivity contribution is -0.130. The summed E-state index contributed by atoms with van der Waals surface area (Å²) in [5, 5.41) is 1.11. The number of rotatable bonds is 4. The molecule has 0 aromatic heterocycles. The summed E-state index contributed by atoms with van der Waals surface area (Å²) >= 11 is 12.4. The van der Waals surface area contributed by atoms with Crippen molar-refractivity contribution in [1.82, 2.24) is 9.80 Å². The number of halogens is 2. The Morgan fingerprint density at radius 2 is 2.09 bits per heavy atom. The Hall–Kier alpha value is -1.19. The van der Waals surface area contributed by atoms with E-state index in [9.17, 15) is 4.79 Å². The summed E-state index contributed by atoms with van der Waals surface area (Å²) < 4.78 is 0. The smallest absolute Gasteiger partial charge is 0.270 e. The number of nitrogens with zero attached hydrogens (tertiary/aromatic N) is 2. The Morgan fingerprint density at radius 3 is 2.87 bits per heavy atom. The Balaban J connectivity index is 1.57. The van der Waals surface area contributed by atoms with E-state index < -0.39 is 0 Å². The fourth-order valence-corrected chi connectivity index (χ4v) is 4.01. The van der Waals surface area contributed by atoms with Crippen molar-refractivity contribution in [2.45, 2.75) is 38.3 Å². The van der Waals surface area contributed by atoms with E-state index >= 15 is 0 Å². The zero-order valence-electron chi connectivity index (χ0n) is 13.0. The van der Waals surface area contributed by atoms with Crippen LogP contribution >= 0.6 is 23.2 Å². The van der Waals surface area contributed by atoms with E-state index in [1.54, 1.807) is 6.07 Å². The fraction of sp³-hybridized carbons (Fsp3) is 0.500. The normalized spacial score (nSPS) is 23.0. The number of fused-ring (bicyclic) bond motifs is 2. The molecule has 0 spiro atoms. The number of allylic oxidation sites excluding steroid dienone is 1. The first-order valence-corrected chi connectivity index (χ1v) is 9.08. The van der Waals surface area contributed by atoms with Crippen LogP contribution in [0.4, 0.5) is 0 Å². The van der Waals surface area contributed by atoms with Crippen LogP contribution < -0.4 is 0 Å². The molecule has 1 unspecified atom stereocenters. The van der Waals surface area contributed by atoms with Gasteiger partial charge in [0.1, 0.15) is 0 Å². The van der Waals surface area contributed by atoms with E-state index in [2.05, 4.69) is 11.0 Å². The molecule has 3 nitrogen and oxygen atoms in total. The van der Waals surface area contributed by atoms with Gasteiger partial charge in [0.25, 0.3) is 5.91 Å². The first kappa shape index (κ1) is 15.3. The third-order valence-electron chi connectivity index (χ3n) is 5.11. The minimum absolute atomic E-state index is 0.156. The molecule has 1 saturated heterocycles. The van der Waals surface area contributed by atoms with Crippen LogP contribution in [0, 0.1) is 5.92 Å². The monoisotopic (exact) mass is 350 g/mol. The molecule has 1 atom stereocenters. The van der Waals surface area contributed by atoms with E-state index in [-0.39, 0.29) is 5.91 Å². The molecule has 2 bridgehead atoms. The topological polar surface area (TPSA) is 23.6 Å². The van der Waals surface area contributed by atoms with Crippen molar-refractivity contribution in [3.8, 4) is 0 Å². The van der Waals surface area contributed by atoms with Crippen molar-refractivity contribution in [3.05, 3.63) is 45.6 Å². The minimum atomic E-state index is 0.156. The Morgan fingerprint density at radius 1 is 1.26 bits per heavy atom. The zero-order valence-corrected chi connectivity index (χ0v) is 14.5. The molecule has 5 heteroatoms. The maximum atomic E-state index is 13.1. The summed E-state index contributed by atoms with van der Waals surface area (Å²) in [6.45, 7) is 2.59. The predicted molar refractivity (Wildman–Crippen MR) is 92.4 cm³/mol. The van der Waals surface area contributed by atoms with Gasteiger partial charge in [-0.2, -0.15) is 0 Å². The summed E-state index contributed by atoms with van der Waals surface area (Å²) in [5.74, 6) is 0.896. The summed E-state index contributed by atoms with van der Waals surface area (Å²) in [6.07, 6.45) is 6.54. The highest BCUT2D eigenvalue weighted by Gasteiger charge is 2.38. The van der Waals surface area contributed by atoms with Crippen molar-refractivity contribution in [2.24, 2.45) is 5.92 Å². The average molecular weight is 351 g/mol. The Labute approximate surface area is 146 Å². The van der Waals surface area contributed by atoms with Crippen LogP contribution in [0.15, 0.2) is 30.0 Å². The molecular formula is C18H20Cl2N2O. The molecule has 0 N–H and O–H groups in total. The maximum absolute atomic E-state index is 13.1. The van der Waals surface area contributed by atoms with Gasteiger partial charge in [0.05, 0.1) is 15.7 Å². The van der Waals surface area contributed by atoms with E-state index in [0.717, 1.165) is 49.5 Å². The van der Waals surface area contributed by atoms with Crippen LogP contribution in [0.2, 0.25) is 10.0 Å². The molecule has 4 rings (SSSR count). The van der Waals surface area contributed by atoms with E-state index in [0.29, 0.717) is 22.6 Å². The molecule has 1 aliphatic carbocycles. The summed E-state index contributed by atoms with van der Waals surface area (Å²) in [7, 11) is 0. The fourth-order valence-electron chi connectivity index (χ4n) is 3.63. The molecular weight excluding hydrogens is 331 g/mol. The second-order valence-electron chi connectivity index (χ2n) is 6.80. The van der Waals surface area contributed by atoms with Crippen molar-refractivity contribution in [1.29, 1.82) is 0 Å². The molecule has 1 aromatic carbocycles. The zero-order chi connectivity index (χ0) is 16.0. The largest absolute Gasteiger partial charge is 0.367 e. The minimum Gasteiger partial charge on any atom is -0.367 e. The summed E-state index contributed by atoms with van der Waals surface area (Å²) in [4.78, 5) is 17.4. The lowest BCUT2D eigenvalue weighted by Crippen LogP contribution is -2.40. The third kappa shape index (κ3) is 2.97. The molecule has 122 valence electrons. The van der Waals surface area contributed by atoms with Gasteiger partial charge in [0, 0.05) is 25.7 Å². The quantitative estimate of drug-likeness (QED) is 0.816. The standard InChI is InChI=1S/C18H20Cl2N2O/c19-15-3-1-2-13(17(15)20)11-22(14-5-6-14)18(23)16-7-4-12-8-9-21(16)10-12/h1-3,7,12,14H,4-6,8-11H2. The van der Waals surface area contributed by atoms with Gasteiger partial charge in [0.2, 0.25) is 0 Å². The van der Waals surface area contributed by atoms with Gasteiger partial charge in [-0.15, -0.1) is 0 Å². The molecule has 0 radical (unpaired) electrons. The van der Waals surface area contributed by atoms with Gasteiger partial charge in [0.15, 0.2) is 0 Å². The van der Waals surface area contributed by atoms with Crippen LogP contribution in [0.5, 0.6) is 0 Å². The first-order valence-electron chi connectivity index (χ1n) is 8.32. The van der Waals surface area contributed by atoms with E-state index in [4.69, 9.17) is 23.2 Å². The van der Waals surface area contributed by atoms with Crippen molar-refractivity contribution in [3.63, 3.8) is 0 Å². The second kappa shape index (κ2) is 6.03.